The summed E-state index contributed by atoms with van der Waals surface area (Å²) in [6, 6.07) is 9.08. The molecule has 0 aliphatic carbocycles. The third-order valence-electron chi connectivity index (χ3n) is 2.40. The zero-order valence-corrected chi connectivity index (χ0v) is 10.7. The number of aromatic nitrogens is 1. The minimum Gasteiger partial charge on any atom is -0.384 e. The molecular weight excluding hydrogens is 257 g/mol. The van der Waals surface area contributed by atoms with Crippen LogP contribution in [0.4, 0.5) is 11.6 Å². The second-order valence-electron chi connectivity index (χ2n) is 3.48. The van der Waals surface area contributed by atoms with Gasteiger partial charge in [-0.05, 0) is 18.2 Å². The van der Waals surface area contributed by atoms with Gasteiger partial charge >= 0.3 is 0 Å². The van der Waals surface area contributed by atoms with Crippen molar-refractivity contribution < 1.29 is 0 Å². The number of nitrogens with two attached hydrogens (primary N) is 1. The van der Waals surface area contributed by atoms with E-state index in [1.54, 1.807) is 19.2 Å². The summed E-state index contributed by atoms with van der Waals surface area (Å²) in [5, 5.41) is 4.02. The van der Waals surface area contributed by atoms with Gasteiger partial charge < -0.3 is 11.1 Å². The van der Waals surface area contributed by atoms with Crippen molar-refractivity contribution in [1.29, 1.82) is 0 Å². The maximum Gasteiger partial charge on any atom is 0.136 e. The van der Waals surface area contributed by atoms with Gasteiger partial charge in [0.15, 0.2) is 0 Å². The molecule has 88 valence electrons. The molecule has 0 bridgehead atoms. The number of nitrogen functional groups attached to an aromatic ring is 1. The number of hydrogen-bond acceptors (Lipinski definition) is 3. The second-order valence-corrected chi connectivity index (χ2v) is 4.27. The zero-order chi connectivity index (χ0) is 12.4. The van der Waals surface area contributed by atoms with Crippen molar-refractivity contribution in [2.75, 3.05) is 18.1 Å². The van der Waals surface area contributed by atoms with E-state index in [4.69, 9.17) is 28.9 Å². The van der Waals surface area contributed by atoms with E-state index in [0.717, 1.165) is 11.1 Å². The van der Waals surface area contributed by atoms with Gasteiger partial charge in [0.05, 0.1) is 10.0 Å². The third kappa shape index (κ3) is 2.30. The summed E-state index contributed by atoms with van der Waals surface area (Å²) in [7, 11) is 1.78. The van der Waals surface area contributed by atoms with Crippen molar-refractivity contribution >= 4 is 34.8 Å². The van der Waals surface area contributed by atoms with E-state index in [2.05, 4.69) is 10.3 Å². The predicted octanol–water partition coefficient (Wildman–Crippen LogP) is 3.68. The highest BCUT2D eigenvalue weighted by atomic mass is 35.5. The molecule has 17 heavy (non-hydrogen) atoms. The first-order valence-electron chi connectivity index (χ1n) is 5.02. The molecule has 0 saturated carbocycles. The Balaban J connectivity index is 2.64. The average Bonchev–Trinajstić information content (AvgIpc) is 2.33. The van der Waals surface area contributed by atoms with Crippen LogP contribution in [-0.2, 0) is 0 Å². The molecule has 5 heteroatoms. The molecule has 0 radical (unpaired) electrons. The molecule has 0 unspecified atom stereocenters. The lowest BCUT2D eigenvalue weighted by Crippen LogP contribution is -1.99. The Kier molecular flexibility index (Phi) is 3.41. The van der Waals surface area contributed by atoms with Crippen molar-refractivity contribution in [3.8, 4) is 11.1 Å². The highest BCUT2D eigenvalue weighted by Crippen LogP contribution is 2.36. The molecule has 2 rings (SSSR count). The summed E-state index contributed by atoms with van der Waals surface area (Å²) in [6.45, 7) is 0. The number of nitrogens with zero attached hydrogens (tertiary/aromatic N) is 1. The molecule has 0 aliphatic rings. The fraction of sp³-hybridized carbons (Fsp3) is 0.0833. The monoisotopic (exact) mass is 267 g/mol. The first kappa shape index (κ1) is 12.0. The topological polar surface area (TPSA) is 50.9 Å². The van der Waals surface area contributed by atoms with E-state index in [1.165, 1.54) is 0 Å². The fourth-order valence-corrected chi connectivity index (χ4v) is 2.00. The second kappa shape index (κ2) is 4.82. The number of anilines is 2. The number of halogens is 2. The molecule has 0 fully saturated rings. The standard InChI is InChI=1S/C12H11Cl2N3/c1-16-12-8(5-6-10(15)17-12)7-3-2-4-9(13)11(7)14/h2-6H,1H3,(H3,15,16,17). The molecule has 0 atom stereocenters. The highest BCUT2D eigenvalue weighted by Gasteiger charge is 2.11. The molecule has 1 heterocycles. The molecule has 3 nitrogen and oxygen atoms in total. The number of hydrogen-bond donors (Lipinski definition) is 2. The predicted molar refractivity (Wildman–Crippen MR) is 73.7 cm³/mol. The minimum absolute atomic E-state index is 0.455. The summed E-state index contributed by atoms with van der Waals surface area (Å²) < 4.78 is 0. The van der Waals surface area contributed by atoms with Gasteiger partial charge in [0, 0.05) is 18.2 Å². The Labute approximate surface area is 110 Å². The SMILES string of the molecule is CNc1nc(N)ccc1-c1cccc(Cl)c1Cl. The Morgan fingerprint density at radius 3 is 2.59 bits per heavy atom. The molecule has 2 aromatic rings. The van der Waals surface area contributed by atoms with Crippen LogP contribution in [0.25, 0.3) is 11.1 Å². The number of nitrogens with one attached hydrogen (secondary N) is 1. The summed E-state index contributed by atoms with van der Waals surface area (Å²) in [5.74, 6) is 1.13. The van der Waals surface area contributed by atoms with Crippen LogP contribution >= 0.6 is 23.2 Å². The number of rotatable bonds is 2. The summed E-state index contributed by atoms with van der Waals surface area (Å²) >= 11 is 12.2. The van der Waals surface area contributed by atoms with Crippen molar-refractivity contribution in [2.24, 2.45) is 0 Å². The molecule has 0 aliphatic heterocycles. The van der Waals surface area contributed by atoms with E-state index in [0.29, 0.717) is 21.7 Å². The number of benzene rings is 1. The lowest BCUT2D eigenvalue weighted by atomic mass is 10.1. The summed E-state index contributed by atoms with van der Waals surface area (Å²) in [6.07, 6.45) is 0. The van der Waals surface area contributed by atoms with Gasteiger partial charge in [-0.15, -0.1) is 0 Å². The van der Waals surface area contributed by atoms with Crippen molar-refractivity contribution in [3.05, 3.63) is 40.4 Å². The zero-order valence-electron chi connectivity index (χ0n) is 9.17. The van der Waals surface area contributed by atoms with Gasteiger partial charge in [-0.2, -0.15) is 0 Å². The van der Waals surface area contributed by atoms with E-state index < -0.39 is 0 Å². The van der Waals surface area contributed by atoms with Crippen LogP contribution in [0.3, 0.4) is 0 Å². The van der Waals surface area contributed by atoms with E-state index in [9.17, 15) is 0 Å². The van der Waals surface area contributed by atoms with Gasteiger partial charge in [0.25, 0.3) is 0 Å². The maximum absolute atomic E-state index is 6.18. The van der Waals surface area contributed by atoms with Crippen LogP contribution < -0.4 is 11.1 Å². The maximum atomic E-state index is 6.18. The van der Waals surface area contributed by atoms with Gasteiger partial charge in [-0.1, -0.05) is 35.3 Å². The van der Waals surface area contributed by atoms with Gasteiger partial charge in [-0.25, -0.2) is 4.98 Å². The molecule has 3 N–H and O–H groups in total. The van der Waals surface area contributed by atoms with Crippen LogP contribution in [0.5, 0.6) is 0 Å². The van der Waals surface area contributed by atoms with Crippen molar-refractivity contribution in [2.45, 2.75) is 0 Å². The lowest BCUT2D eigenvalue weighted by Gasteiger charge is -2.11. The van der Waals surface area contributed by atoms with Gasteiger partial charge in [-0.3, -0.25) is 0 Å². The summed E-state index contributed by atoms with van der Waals surface area (Å²) in [5.41, 5.74) is 7.34. The van der Waals surface area contributed by atoms with E-state index in [1.807, 2.05) is 18.2 Å². The van der Waals surface area contributed by atoms with Gasteiger partial charge in [0.2, 0.25) is 0 Å². The van der Waals surface area contributed by atoms with E-state index >= 15 is 0 Å². The normalized spacial score (nSPS) is 10.3. The molecule has 1 aromatic heterocycles. The Morgan fingerprint density at radius 2 is 1.88 bits per heavy atom. The van der Waals surface area contributed by atoms with Crippen LogP contribution in [0, 0.1) is 0 Å². The Bertz CT molecular complexity index is 555. The quantitative estimate of drug-likeness (QED) is 0.873. The van der Waals surface area contributed by atoms with Crippen LogP contribution in [0.2, 0.25) is 10.0 Å². The summed E-state index contributed by atoms with van der Waals surface area (Å²) in [4.78, 5) is 4.20. The third-order valence-corrected chi connectivity index (χ3v) is 3.21. The molecule has 0 spiro atoms. The molecule has 1 aromatic carbocycles. The highest BCUT2D eigenvalue weighted by molar-refractivity contribution is 6.43. The lowest BCUT2D eigenvalue weighted by molar-refractivity contribution is 1.29. The van der Waals surface area contributed by atoms with Crippen LogP contribution in [-0.4, -0.2) is 12.0 Å². The largest absolute Gasteiger partial charge is 0.384 e. The first-order valence-corrected chi connectivity index (χ1v) is 5.77. The van der Waals surface area contributed by atoms with Crippen LogP contribution in [0.1, 0.15) is 0 Å². The molecule has 0 saturated heterocycles. The molecular formula is C12H11Cl2N3. The fourth-order valence-electron chi connectivity index (χ4n) is 1.59. The Morgan fingerprint density at radius 1 is 1.12 bits per heavy atom. The van der Waals surface area contributed by atoms with Crippen molar-refractivity contribution in [1.82, 2.24) is 4.98 Å². The average molecular weight is 268 g/mol. The number of pyridine rings is 1. The first-order chi connectivity index (χ1) is 8.13. The Hall–Kier alpha value is -1.45. The molecule has 0 amide bonds. The smallest absolute Gasteiger partial charge is 0.136 e. The van der Waals surface area contributed by atoms with Crippen LogP contribution in [0.15, 0.2) is 30.3 Å². The van der Waals surface area contributed by atoms with Crippen molar-refractivity contribution in [3.63, 3.8) is 0 Å². The minimum atomic E-state index is 0.455. The van der Waals surface area contributed by atoms with E-state index in [-0.39, 0.29) is 0 Å². The van der Waals surface area contributed by atoms with Gasteiger partial charge in [0.1, 0.15) is 11.6 Å².